The molecule has 2 aromatic rings. The number of aliphatic hydroxyl groups excluding tert-OH is 3. The average molecular weight is 584 g/mol. The summed E-state index contributed by atoms with van der Waals surface area (Å²) >= 11 is 0. The summed E-state index contributed by atoms with van der Waals surface area (Å²) in [6.45, 7) is 2.81. The molecular weight excluding hydrogens is 542 g/mol. The first-order valence-corrected chi connectivity index (χ1v) is 14.3. The summed E-state index contributed by atoms with van der Waals surface area (Å²) in [5.41, 5.74) is 1.19. The molecule has 0 bridgehead atoms. The standard InChI is InChI=1S/C31H41N3O8/c1-2-28(38)34(18-9-4-3-8-17-32-31(40)22-10-6-5-7-11-22)19-16-27(37)33-23-12-14-24(15-13-23)41-29-20-25(36)30(39)26(21-35)42-29/h5-7,10-15,20,26,29-30,35-36,39H,2-4,8-9,16-19,21H2,1H3,(H,32,40)(H,33,37). The van der Waals surface area contributed by atoms with E-state index < -0.39 is 25.1 Å². The molecule has 11 heteroatoms. The molecule has 0 spiro atoms. The van der Waals surface area contributed by atoms with E-state index in [0.29, 0.717) is 43.1 Å². The monoisotopic (exact) mass is 583 g/mol. The predicted octanol–water partition coefficient (Wildman–Crippen LogP) is 3.14. The number of amides is 3. The molecule has 0 aliphatic carbocycles. The number of carbonyl (C=O) groups is 3. The van der Waals surface area contributed by atoms with Gasteiger partial charge in [-0.05, 0) is 49.2 Å². The largest absolute Gasteiger partial charge is 0.510 e. The number of hydrogen-bond donors (Lipinski definition) is 5. The first kappa shape index (κ1) is 32.6. The quantitative estimate of drug-likeness (QED) is 0.189. The Bertz CT molecular complexity index is 1170. The average Bonchev–Trinajstić information content (AvgIpc) is 3.00. The van der Waals surface area contributed by atoms with Crippen LogP contribution in [0.5, 0.6) is 5.75 Å². The fraction of sp³-hybridized carbons (Fsp3) is 0.452. The molecule has 2 aromatic carbocycles. The van der Waals surface area contributed by atoms with Crippen molar-refractivity contribution in [2.45, 2.75) is 63.9 Å². The second-order valence-corrected chi connectivity index (χ2v) is 9.97. The highest BCUT2D eigenvalue weighted by atomic mass is 16.7. The Morgan fingerprint density at radius 1 is 0.976 bits per heavy atom. The molecule has 0 fully saturated rings. The molecule has 42 heavy (non-hydrogen) atoms. The molecule has 5 N–H and O–H groups in total. The van der Waals surface area contributed by atoms with Crippen molar-refractivity contribution in [2.24, 2.45) is 0 Å². The van der Waals surface area contributed by atoms with E-state index in [4.69, 9.17) is 9.47 Å². The molecule has 0 saturated carbocycles. The van der Waals surface area contributed by atoms with Crippen LogP contribution in [0.3, 0.4) is 0 Å². The zero-order chi connectivity index (χ0) is 30.3. The molecule has 3 atom stereocenters. The van der Waals surface area contributed by atoms with Gasteiger partial charge in [0.25, 0.3) is 5.91 Å². The minimum atomic E-state index is -1.32. The van der Waals surface area contributed by atoms with Crippen LogP contribution in [0.2, 0.25) is 0 Å². The normalized spacial score (nSPS) is 18.1. The van der Waals surface area contributed by atoms with Gasteiger partial charge in [-0.15, -0.1) is 0 Å². The number of benzene rings is 2. The lowest BCUT2D eigenvalue weighted by molar-refractivity contribution is -0.155. The number of rotatable bonds is 16. The van der Waals surface area contributed by atoms with Gasteiger partial charge in [-0.2, -0.15) is 0 Å². The van der Waals surface area contributed by atoms with Gasteiger partial charge in [-0.25, -0.2) is 0 Å². The van der Waals surface area contributed by atoms with Crippen LogP contribution in [-0.4, -0.2) is 82.7 Å². The number of nitrogens with one attached hydrogen (secondary N) is 2. The van der Waals surface area contributed by atoms with Crippen LogP contribution in [0.25, 0.3) is 0 Å². The van der Waals surface area contributed by atoms with E-state index in [9.17, 15) is 29.7 Å². The molecular formula is C31H41N3O8. The highest BCUT2D eigenvalue weighted by Gasteiger charge is 2.32. The van der Waals surface area contributed by atoms with E-state index in [2.05, 4.69) is 10.6 Å². The smallest absolute Gasteiger partial charge is 0.251 e. The molecule has 0 aromatic heterocycles. The Hall–Kier alpha value is -3.93. The molecule has 11 nitrogen and oxygen atoms in total. The summed E-state index contributed by atoms with van der Waals surface area (Å²) in [6, 6.07) is 15.6. The zero-order valence-corrected chi connectivity index (χ0v) is 23.9. The van der Waals surface area contributed by atoms with Crippen molar-refractivity contribution in [3.63, 3.8) is 0 Å². The highest BCUT2D eigenvalue weighted by molar-refractivity contribution is 5.94. The van der Waals surface area contributed by atoms with E-state index in [0.717, 1.165) is 25.7 Å². The number of anilines is 1. The predicted molar refractivity (Wildman–Crippen MR) is 157 cm³/mol. The maximum Gasteiger partial charge on any atom is 0.251 e. The van der Waals surface area contributed by atoms with Gasteiger partial charge in [-0.3, -0.25) is 14.4 Å². The third-order valence-corrected chi connectivity index (χ3v) is 6.78. The molecule has 3 unspecified atom stereocenters. The van der Waals surface area contributed by atoms with Crippen LogP contribution in [-0.2, 0) is 14.3 Å². The molecule has 1 aliphatic heterocycles. The molecule has 0 radical (unpaired) electrons. The first-order chi connectivity index (χ1) is 20.3. The van der Waals surface area contributed by atoms with Gasteiger partial charge >= 0.3 is 0 Å². The third kappa shape index (κ3) is 10.5. The summed E-state index contributed by atoms with van der Waals surface area (Å²) in [7, 11) is 0. The van der Waals surface area contributed by atoms with Crippen LogP contribution in [0.4, 0.5) is 5.69 Å². The van der Waals surface area contributed by atoms with Crippen molar-refractivity contribution >= 4 is 23.4 Å². The van der Waals surface area contributed by atoms with E-state index in [1.54, 1.807) is 48.2 Å². The number of hydrogen-bond acceptors (Lipinski definition) is 8. The van der Waals surface area contributed by atoms with Crippen LogP contribution >= 0.6 is 0 Å². The fourth-order valence-corrected chi connectivity index (χ4v) is 4.39. The lowest BCUT2D eigenvalue weighted by Crippen LogP contribution is -2.42. The highest BCUT2D eigenvalue weighted by Crippen LogP contribution is 2.23. The lowest BCUT2D eigenvalue weighted by atomic mass is 10.1. The van der Waals surface area contributed by atoms with Crippen molar-refractivity contribution < 1.29 is 39.2 Å². The maximum atomic E-state index is 12.6. The van der Waals surface area contributed by atoms with Gasteiger partial charge in [0, 0.05) is 49.8 Å². The van der Waals surface area contributed by atoms with Crippen molar-refractivity contribution in [2.75, 3.05) is 31.6 Å². The van der Waals surface area contributed by atoms with Gasteiger partial charge in [0.2, 0.25) is 18.1 Å². The number of nitrogens with zero attached hydrogens (tertiary/aromatic N) is 1. The van der Waals surface area contributed by atoms with Crippen molar-refractivity contribution in [1.82, 2.24) is 10.2 Å². The van der Waals surface area contributed by atoms with Gasteiger partial charge in [-0.1, -0.05) is 38.0 Å². The Morgan fingerprint density at radius 3 is 2.38 bits per heavy atom. The minimum absolute atomic E-state index is 0.000370. The van der Waals surface area contributed by atoms with E-state index in [1.165, 1.54) is 6.08 Å². The fourth-order valence-electron chi connectivity index (χ4n) is 4.39. The van der Waals surface area contributed by atoms with Crippen molar-refractivity contribution in [3.8, 4) is 5.75 Å². The van der Waals surface area contributed by atoms with E-state index in [-0.39, 0.29) is 29.9 Å². The van der Waals surface area contributed by atoms with E-state index >= 15 is 0 Å². The molecule has 228 valence electrons. The second kappa shape index (κ2) is 17.1. The van der Waals surface area contributed by atoms with Crippen LogP contribution in [0, 0.1) is 0 Å². The number of unbranched alkanes of at least 4 members (excludes halogenated alkanes) is 3. The van der Waals surface area contributed by atoms with Crippen LogP contribution in [0.1, 0.15) is 55.8 Å². The zero-order valence-electron chi connectivity index (χ0n) is 23.9. The Labute approximate surface area is 246 Å². The third-order valence-electron chi connectivity index (χ3n) is 6.78. The molecule has 0 saturated heterocycles. The minimum Gasteiger partial charge on any atom is -0.510 e. The number of aliphatic hydroxyl groups is 3. The van der Waals surface area contributed by atoms with Gasteiger partial charge < -0.3 is 40.3 Å². The van der Waals surface area contributed by atoms with Crippen molar-refractivity contribution in [3.05, 3.63) is 72.0 Å². The Balaban J connectivity index is 1.35. The van der Waals surface area contributed by atoms with Gasteiger partial charge in [0.15, 0.2) is 0 Å². The first-order valence-electron chi connectivity index (χ1n) is 14.3. The van der Waals surface area contributed by atoms with Gasteiger partial charge in [0.05, 0.1) is 6.61 Å². The summed E-state index contributed by atoms with van der Waals surface area (Å²) < 4.78 is 11.0. The topological polar surface area (TPSA) is 158 Å². The maximum absolute atomic E-state index is 12.6. The summed E-state index contributed by atoms with van der Waals surface area (Å²) in [6.07, 6.45) is 1.93. The summed E-state index contributed by atoms with van der Waals surface area (Å²) in [4.78, 5) is 38.8. The SMILES string of the molecule is CCC(=O)N(CCCCCCNC(=O)c1ccccc1)CCC(=O)Nc1ccc(OC2C=C(O)C(O)C(CO)O2)cc1. The summed E-state index contributed by atoms with van der Waals surface area (Å²) in [5, 5.41) is 34.6. The summed E-state index contributed by atoms with van der Waals surface area (Å²) in [5.74, 6) is -0.248. The lowest BCUT2D eigenvalue weighted by Gasteiger charge is -2.30. The van der Waals surface area contributed by atoms with Gasteiger partial charge in [0.1, 0.15) is 23.7 Å². The van der Waals surface area contributed by atoms with E-state index in [1.807, 2.05) is 18.2 Å². The Kier molecular flexibility index (Phi) is 13.3. The number of carbonyl (C=O) groups excluding carboxylic acids is 3. The molecule has 1 heterocycles. The molecule has 3 rings (SSSR count). The second-order valence-electron chi connectivity index (χ2n) is 9.97. The van der Waals surface area contributed by atoms with Crippen LogP contribution in [0.15, 0.2) is 66.4 Å². The molecule has 3 amide bonds. The molecule has 1 aliphatic rings. The van der Waals surface area contributed by atoms with Crippen LogP contribution < -0.4 is 15.4 Å². The Morgan fingerprint density at radius 2 is 1.69 bits per heavy atom. The number of ether oxygens (including phenoxy) is 2. The van der Waals surface area contributed by atoms with Crippen molar-refractivity contribution in [1.29, 1.82) is 0 Å².